The summed E-state index contributed by atoms with van der Waals surface area (Å²) >= 11 is 0. The number of carboxylic acid groups (broad SMARTS) is 1. The van der Waals surface area contributed by atoms with E-state index in [4.69, 9.17) is 24.8 Å². The van der Waals surface area contributed by atoms with E-state index in [1.807, 2.05) is 0 Å². The largest absolute Gasteiger partial charge is 0.465 e. The first-order chi connectivity index (χ1) is 11.2. The van der Waals surface area contributed by atoms with Crippen LogP contribution in [0.4, 0.5) is 4.79 Å². The molecule has 0 radical (unpaired) electrons. The number of nitrogens with zero attached hydrogens (tertiary/aromatic N) is 4. The summed E-state index contributed by atoms with van der Waals surface area (Å²) in [7, 11) is 0. The highest BCUT2D eigenvalue weighted by Crippen LogP contribution is 2.01. The van der Waals surface area contributed by atoms with E-state index in [9.17, 15) is 4.79 Å². The Bertz CT molecular complexity index is 370. The standard InChI is InChI=1S/C13H25N5O5/c14-16-15-1-7-21-9-11-23-12-10-22-8-6-17-2-4-18(5-3-17)13(19)20/h14H,1-12H2/p+1. The normalized spacial score (nSPS) is 15.4. The Morgan fingerprint density at radius 2 is 1.57 bits per heavy atom. The second-order valence-electron chi connectivity index (χ2n) is 4.91. The summed E-state index contributed by atoms with van der Waals surface area (Å²) in [6, 6.07) is 0. The summed E-state index contributed by atoms with van der Waals surface area (Å²) in [5, 5.41) is 12.3. The van der Waals surface area contributed by atoms with Crippen molar-refractivity contribution in [2.45, 2.75) is 0 Å². The zero-order valence-corrected chi connectivity index (χ0v) is 13.4. The molecule has 1 fully saturated rings. The van der Waals surface area contributed by atoms with Gasteiger partial charge in [0, 0.05) is 32.7 Å². The van der Waals surface area contributed by atoms with Crippen LogP contribution in [0.15, 0.2) is 5.11 Å². The molecule has 1 aliphatic heterocycles. The Hall–Kier alpha value is -1.58. The third-order valence-corrected chi connectivity index (χ3v) is 3.35. The van der Waals surface area contributed by atoms with E-state index in [1.165, 1.54) is 4.90 Å². The maximum atomic E-state index is 10.8. The Labute approximate surface area is 135 Å². The number of piperazine rings is 1. The van der Waals surface area contributed by atoms with Gasteiger partial charge in [0.1, 0.15) is 17.2 Å². The number of nitrogens with one attached hydrogen (secondary N) is 1. The number of hydrogen-bond donors (Lipinski definition) is 2. The predicted octanol–water partition coefficient (Wildman–Crippen LogP) is -0.118. The highest BCUT2D eigenvalue weighted by atomic mass is 16.5. The predicted molar refractivity (Wildman–Crippen MR) is 80.6 cm³/mol. The van der Waals surface area contributed by atoms with Crippen LogP contribution in [0.2, 0.25) is 0 Å². The maximum Gasteiger partial charge on any atom is 0.407 e. The van der Waals surface area contributed by atoms with Crippen molar-refractivity contribution in [3.05, 3.63) is 0 Å². The van der Waals surface area contributed by atoms with Gasteiger partial charge in [0.05, 0.1) is 39.6 Å². The number of amides is 1. The third-order valence-electron chi connectivity index (χ3n) is 3.35. The summed E-state index contributed by atoms with van der Waals surface area (Å²) in [5.41, 5.74) is 6.46. The fourth-order valence-electron chi connectivity index (χ4n) is 2.05. The lowest BCUT2D eigenvalue weighted by Gasteiger charge is -2.32. The van der Waals surface area contributed by atoms with Crippen LogP contribution < -0.4 is 4.91 Å². The van der Waals surface area contributed by atoms with E-state index in [-0.39, 0.29) is 0 Å². The van der Waals surface area contributed by atoms with Crippen LogP contribution in [0, 0.1) is 5.53 Å². The van der Waals surface area contributed by atoms with Crippen molar-refractivity contribution in [1.29, 1.82) is 5.53 Å². The molecule has 0 bridgehead atoms. The van der Waals surface area contributed by atoms with Gasteiger partial charge in [-0.2, -0.15) is 0 Å². The minimum absolute atomic E-state index is 0.396. The average molecular weight is 332 g/mol. The quantitative estimate of drug-likeness (QED) is 0.292. The molecule has 0 atom stereocenters. The number of carbonyl (C=O) groups is 1. The summed E-state index contributed by atoms with van der Waals surface area (Å²) in [6.45, 7) is 6.91. The van der Waals surface area contributed by atoms with E-state index in [1.54, 1.807) is 0 Å². The molecule has 23 heavy (non-hydrogen) atoms. The van der Waals surface area contributed by atoms with Gasteiger partial charge in [0.25, 0.3) is 0 Å². The van der Waals surface area contributed by atoms with Gasteiger partial charge in [-0.25, -0.2) is 4.79 Å². The summed E-state index contributed by atoms with van der Waals surface area (Å²) in [6.07, 6.45) is -0.845. The van der Waals surface area contributed by atoms with Crippen molar-refractivity contribution in [2.75, 3.05) is 78.9 Å². The molecule has 132 valence electrons. The van der Waals surface area contributed by atoms with Crippen LogP contribution in [0.1, 0.15) is 0 Å². The molecule has 1 saturated heterocycles. The zero-order valence-electron chi connectivity index (χ0n) is 13.4. The average Bonchev–Trinajstić information content (AvgIpc) is 2.56. The fraction of sp³-hybridized carbons (Fsp3) is 0.923. The zero-order chi connectivity index (χ0) is 16.8. The van der Waals surface area contributed by atoms with Crippen molar-refractivity contribution >= 4 is 6.09 Å². The second-order valence-corrected chi connectivity index (χ2v) is 4.91. The van der Waals surface area contributed by atoms with Gasteiger partial charge >= 0.3 is 6.09 Å². The van der Waals surface area contributed by atoms with Gasteiger partial charge in [0.2, 0.25) is 4.91 Å². The lowest BCUT2D eigenvalue weighted by atomic mass is 10.3. The minimum atomic E-state index is -0.845. The van der Waals surface area contributed by atoms with Crippen LogP contribution in [0.3, 0.4) is 0 Å². The number of rotatable bonds is 12. The van der Waals surface area contributed by atoms with Crippen molar-refractivity contribution in [3.63, 3.8) is 0 Å². The molecule has 0 unspecified atom stereocenters. The number of hydrogen-bond acceptors (Lipinski definition) is 7. The molecule has 1 heterocycles. The molecule has 1 amide bonds. The van der Waals surface area contributed by atoms with Crippen LogP contribution in [-0.2, 0) is 14.2 Å². The van der Waals surface area contributed by atoms with Crippen LogP contribution in [0.25, 0.3) is 0 Å². The Morgan fingerprint density at radius 1 is 1.00 bits per heavy atom. The summed E-state index contributed by atoms with van der Waals surface area (Å²) < 4.78 is 16.0. The molecule has 0 aromatic rings. The first-order valence-corrected chi connectivity index (χ1v) is 7.70. The Kier molecular flexibility index (Phi) is 10.9. The molecule has 0 spiro atoms. The first kappa shape index (κ1) is 19.5. The van der Waals surface area contributed by atoms with Gasteiger partial charge in [-0.3, -0.25) is 4.90 Å². The van der Waals surface area contributed by atoms with E-state index in [0.29, 0.717) is 59.3 Å². The molecule has 10 nitrogen and oxygen atoms in total. The highest BCUT2D eigenvalue weighted by Gasteiger charge is 2.19. The smallest absolute Gasteiger partial charge is 0.407 e. The molecule has 0 aromatic carbocycles. The molecular weight excluding hydrogens is 306 g/mol. The monoisotopic (exact) mass is 332 g/mol. The lowest BCUT2D eigenvalue weighted by Crippen LogP contribution is -2.49. The molecule has 1 aliphatic rings. The molecule has 1 rings (SSSR count). The summed E-state index contributed by atoms with van der Waals surface area (Å²) in [5.74, 6) is 0. The molecule has 10 heteroatoms. The SMILES string of the molecule is N=[N+]=NCCOCCOCCOCCN1CCN(C(=O)O)CC1. The van der Waals surface area contributed by atoms with Crippen LogP contribution in [0.5, 0.6) is 0 Å². The van der Waals surface area contributed by atoms with E-state index >= 15 is 0 Å². The molecular formula is C13H26N5O5+. The Morgan fingerprint density at radius 3 is 2.13 bits per heavy atom. The third kappa shape index (κ3) is 9.93. The van der Waals surface area contributed by atoms with Crippen molar-refractivity contribution in [3.8, 4) is 0 Å². The molecule has 0 aliphatic carbocycles. The van der Waals surface area contributed by atoms with Gasteiger partial charge in [0.15, 0.2) is 0 Å². The number of ether oxygens (including phenoxy) is 3. The highest BCUT2D eigenvalue weighted by molar-refractivity contribution is 5.65. The van der Waals surface area contributed by atoms with Crippen molar-refractivity contribution in [2.24, 2.45) is 5.11 Å². The first-order valence-electron chi connectivity index (χ1n) is 7.70. The molecule has 2 N–H and O–H groups in total. The minimum Gasteiger partial charge on any atom is -0.465 e. The van der Waals surface area contributed by atoms with Crippen LogP contribution >= 0.6 is 0 Å². The summed E-state index contributed by atoms with van der Waals surface area (Å²) in [4.78, 5) is 17.3. The van der Waals surface area contributed by atoms with E-state index in [2.05, 4.69) is 14.9 Å². The topological polar surface area (TPSA) is 122 Å². The van der Waals surface area contributed by atoms with Gasteiger partial charge in [-0.15, -0.1) is 0 Å². The lowest BCUT2D eigenvalue weighted by molar-refractivity contribution is 0.00928. The second kappa shape index (κ2) is 12.9. The Balaban J connectivity index is 1.82. The molecule has 0 aromatic heterocycles. The molecule has 0 saturated carbocycles. The van der Waals surface area contributed by atoms with Gasteiger partial charge < -0.3 is 24.2 Å². The van der Waals surface area contributed by atoms with Gasteiger partial charge in [-0.1, -0.05) is 0 Å². The van der Waals surface area contributed by atoms with Crippen molar-refractivity contribution in [1.82, 2.24) is 14.7 Å². The van der Waals surface area contributed by atoms with Gasteiger partial charge in [-0.05, 0) is 0 Å². The fourth-order valence-corrected chi connectivity index (χ4v) is 2.05. The van der Waals surface area contributed by atoms with Crippen molar-refractivity contribution < 1.29 is 24.1 Å². The van der Waals surface area contributed by atoms with E-state index in [0.717, 1.165) is 19.6 Å². The maximum absolute atomic E-state index is 10.8. The van der Waals surface area contributed by atoms with Crippen LogP contribution in [-0.4, -0.2) is 99.9 Å². The van der Waals surface area contributed by atoms with E-state index < -0.39 is 6.09 Å².